The highest BCUT2D eigenvalue weighted by molar-refractivity contribution is 6.06. The van der Waals surface area contributed by atoms with Crippen molar-refractivity contribution in [3.05, 3.63) is 83.3 Å². The third-order valence-corrected chi connectivity index (χ3v) is 4.04. The SMILES string of the molecule is COC(=O)c1ccc(NC(=O)c2ccc(NC(=O)c3ccco3)cc2)cc1C. The Balaban J connectivity index is 1.65. The molecular weight excluding hydrogens is 360 g/mol. The minimum Gasteiger partial charge on any atom is -0.465 e. The first kappa shape index (κ1) is 18.9. The standard InChI is InChI=1S/C21H18N2O5/c1-13-12-16(9-10-17(13)21(26)27-2)23-19(24)14-5-7-15(8-6-14)22-20(25)18-4-3-11-28-18/h3-12H,1-2H3,(H,22,25)(H,23,24). The van der Waals surface area contributed by atoms with E-state index < -0.39 is 5.97 Å². The quantitative estimate of drug-likeness (QED) is 0.657. The predicted molar refractivity (Wildman–Crippen MR) is 104 cm³/mol. The van der Waals surface area contributed by atoms with Gasteiger partial charge in [0.1, 0.15) is 0 Å². The van der Waals surface area contributed by atoms with E-state index in [1.165, 1.54) is 13.4 Å². The lowest BCUT2D eigenvalue weighted by atomic mass is 10.1. The Kier molecular flexibility index (Phi) is 5.55. The molecule has 0 aliphatic rings. The van der Waals surface area contributed by atoms with Crippen molar-refractivity contribution < 1.29 is 23.5 Å². The van der Waals surface area contributed by atoms with E-state index >= 15 is 0 Å². The number of ether oxygens (including phenoxy) is 1. The summed E-state index contributed by atoms with van der Waals surface area (Å²) in [5.74, 6) is -0.910. The number of amides is 2. The first-order chi connectivity index (χ1) is 13.5. The lowest BCUT2D eigenvalue weighted by molar-refractivity contribution is 0.0599. The van der Waals surface area contributed by atoms with Gasteiger partial charge in [-0.05, 0) is 67.1 Å². The highest BCUT2D eigenvalue weighted by Crippen LogP contribution is 2.18. The van der Waals surface area contributed by atoms with Gasteiger partial charge >= 0.3 is 5.97 Å². The number of nitrogens with one attached hydrogen (secondary N) is 2. The summed E-state index contributed by atoms with van der Waals surface area (Å²) in [6.45, 7) is 1.76. The fraction of sp³-hybridized carbons (Fsp3) is 0.0952. The lowest BCUT2D eigenvalue weighted by Gasteiger charge is -2.09. The van der Waals surface area contributed by atoms with E-state index in [0.29, 0.717) is 28.1 Å². The zero-order valence-corrected chi connectivity index (χ0v) is 15.3. The molecule has 0 bridgehead atoms. The van der Waals surface area contributed by atoms with Crippen LogP contribution in [0.25, 0.3) is 0 Å². The topological polar surface area (TPSA) is 97.6 Å². The number of hydrogen-bond acceptors (Lipinski definition) is 5. The van der Waals surface area contributed by atoms with E-state index in [-0.39, 0.29) is 17.6 Å². The van der Waals surface area contributed by atoms with Crippen LogP contribution in [0.2, 0.25) is 0 Å². The van der Waals surface area contributed by atoms with Crippen LogP contribution in [0.3, 0.4) is 0 Å². The average Bonchev–Trinajstić information content (AvgIpc) is 3.23. The molecular formula is C21H18N2O5. The van der Waals surface area contributed by atoms with Gasteiger partial charge in [0.2, 0.25) is 0 Å². The smallest absolute Gasteiger partial charge is 0.338 e. The minimum atomic E-state index is -0.428. The fourth-order valence-electron chi connectivity index (χ4n) is 2.59. The van der Waals surface area contributed by atoms with E-state index in [1.54, 1.807) is 61.5 Å². The van der Waals surface area contributed by atoms with Crippen LogP contribution < -0.4 is 10.6 Å². The molecule has 7 heteroatoms. The van der Waals surface area contributed by atoms with E-state index in [0.717, 1.165) is 0 Å². The Hall–Kier alpha value is -3.87. The molecule has 2 N–H and O–H groups in total. The van der Waals surface area contributed by atoms with E-state index in [2.05, 4.69) is 10.6 Å². The van der Waals surface area contributed by atoms with Gasteiger partial charge in [-0.3, -0.25) is 9.59 Å². The molecule has 0 fully saturated rings. The molecule has 28 heavy (non-hydrogen) atoms. The van der Waals surface area contributed by atoms with Gasteiger partial charge in [-0.1, -0.05) is 0 Å². The van der Waals surface area contributed by atoms with Gasteiger partial charge in [-0.15, -0.1) is 0 Å². The monoisotopic (exact) mass is 378 g/mol. The van der Waals surface area contributed by atoms with Crippen molar-refractivity contribution in [1.29, 1.82) is 0 Å². The van der Waals surface area contributed by atoms with Gasteiger partial charge in [0.15, 0.2) is 5.76 Å². The molecule has 0 aliphatic carbocycles. The summed E-state index contributed by atoms with van der Waals surface area (Å²) in [6, 6.07) is 14.6. The Morgan fingerprint density at radius 3 is 2.18 bits per heavy atom. The van der Waals surface area contributed by atoms with Gasteiger partial charge in [-0.2, -0.15) is 0 Å². The molecule has 2 aromatic carbocycles. The number of anilines is 2. The maximum Gasteiger partial charge on any atom is 0.338 e. The highest BCUT2D eigenvalue weighted by atomic mass is 16.5. The van der Waals surface area contributed by atoms with Crippen molar-refractivity contribution in [2.75, 3.05) is 17.7 Å². The van der Waals surface area contributed by atoms with Crippen LogP contribution in [0, 0.1) is 6.92 Å². The zero-order valence-electron chi connectivity index (χ0n) is 15.3. The third-order valence-electron chi connectivity index (χ3n) is 4.04. The molecule has 0 radical (unpaired) electrons. The second-order valence-corrected chi connectivity index (χ2v) is 5.98. The number of esters is 1. The Labute approximate surface area is 161 Å². The van der Waals surface area contributed by atoms with Crippen LogP contribution in [-0.2, 0) is 4.74 Å². The summed E-state index contributed by atoms with van der Waals surface area (Å²) in [5.41, 5.74) is 2.66. The molecule has 7 nitrogen and oxygen atoms in total. The molecule has 0 saturated heterocycles. The van der Waals surface area contributed by atoms with Crippen LogP contribution in [0.1, 0.15) is 36.8 Å². The molecule has 3 rings (SSSR count). The van der Waals surface area contributed by atoms with Crippen molar-refractivity contribution in [2.24, 2.45) is 0 Å². The lowest BCUT2D eigenvalue weighted by Crippen LogP contribution is -2.14. The number of carbonyl (C=O) groups is 3. The number of methoxy groups -OCH3 is 1. The number of carbonyl (C=O) groups excluding carboxylic acids is 3. The molecule has 3 aromatic rings. The number of furan rings is 1. The second kappa shape index (κ2) is 8.22. The van der Waals surface area contributed by atoms with Crippen molar-refractivity contribution in [1.82, 2.24) is 0 Å². The third kappa shape index (κ3) is 4.27. The summed E-state index contributed by atoms with van der Waals surface area (Å²) in [4.78, 5) is 36.0. The van der Waals surface area contributed by atoms with Gasteiger partial charge in [0.05, 0.1) is 18.9 Å². The Bertz CT molecular complexity index is 1010. The van der Waals surface area contributed by atoms with Crippen molar-refractivity contribution >= 4 is 29.2 Å². The van der Waals surface area contributed by atoms with Crippen LogP contribution in [-0.4, -0.2) is 24.9 Å². The van der Waals surface area contributed by atoms with Gasteiger partial charge in [0, 0.05) is 16.9 Å². The number of aryl methyl sites for hydroxylation is 1. The molecule has 1 aromatic heterocycles. The fourth-order valence-corrected chi connectivity index (χ4v) is 2.59. The second-order valence-electron chi connectivity index (χ2n) is 5.98. The molecule has 0 saturated carbocycles. The van der Waals surface area contributed by atoms with E-state index in [4.69, 9.17) is 9.15 Å². The maximum atomic E-state index is 12.4. The summed E-state index contributed by atoms with van der Waals surface area (Å²) in [6.07, 6.45) is 1.42. The Morgan fingerprint density at radius 1 is 0.893 bits per heavy atom. The van der Waals surface area contributed by atoms with Gasteiger partial charge in [-0.25, -0.2) is 4.79 Å². The van der Waals surface area contributed by atoms with Crippen LogP contribution in [0.4, 0.5) is 11.4 Å². The first-order valence-corrected chi connectivity index (χ1v) is 8.43. The molecule has 0 atom stereocenters. The number of benzene rings is 2. The van der Waals surface area contributed by atoms with Crippen LogP contribution in [0.5, 0.6) is 0 Å². The molecule has 0 spiro atoms. The summed E-state index contributed by atoms with van der Waals surface area (Å²) < 4.78 is 9.74. The highest BCUT2D eigenvalue weighted by Gasteiger charge is 2.12. The summed E-state index contributed by atoms with van der Waals surface area (Å²) >= 11 is 0. The predicted octanol–water partition coefficient (Wildman–Crippen LogP) is 3.88. The zero-order chi connectivity index (χ0) is 20.1. The van der Waals surface area contributed by atoms with Crippen molar-refractivity contribution in [3.8, 4) is 0 Å². The van der Waals surface area contributed by atoms with Gasteiger partial charge in [0.25, 0.3) is 11.8 Å². The normalized spacial score (nSPS) is 10.2. The first-order valence-electron chi connectivity index (χ1n) is 8.43. The number of rotatable bonds is 5. The molecule has 0 aliphatic heterocycles. The summed E-state index contributed by atoms with van der Waals surface area (Å²) in [7, 11) is 1.32. The molecule has 2 amide bonds. The Morgan fingerprint density at radius 2 is 1.57 bits per heavy atom. The molecule has 142 valence electrons. The van der Waals surface area contributed by atoms with Crippen LogP contribution >= 0.6 is 0 Å². The number of hydrogen-bond donors (Lipinski definition) is 2. The summed E-state index contributed by atoms with van der Waals surface area (Å²) in [5, 5.41) is 5.45. The minimum absolute atomic E-state index is 0.201. The van der Waals surface area contributed by atoms with E-state index in [1.807, 2.05) is 0 Å². The van der Waals surface area contributed by atoms with Crippen molar-refractivity contribution in [3.63, 3.8) is 0 Å². The average molecular weight is 378 g/mol. The van der Waals surface area contributed by atoms with Crippen LogP contribution in [0.15, 0.2) is 65.3 Å². The molecule has 0 unspecified atom stereocenters. The van der Waals surface area contributed by atoms with Gasteiger partial charge < -0.3 is 19.8 Å². The van der Waals surface area contributed by atoms with E-state index in [9.17, 15) is 14.4 Å². The largest absolute Gasteiger partial charge is 0.465 e. The van der Waals surface area contributed by atoms with Crippen molar-refractivity contribution in [2.45, 2.75) is 6.92 Å². The molecule has 1 heterocycles. The maximum absolute atomic E-state index is 12.4.